The predicted molar refractivity (Wildman–Crippen MR) is 49.8 cm³/mol. The van der Waals surface area contributed by atoms with E-state index in [-0.39, 0.29) is 0 Å². The summed E-state index contributed by atoms with van der Waals surface area (Å²) in [4.78, 5) is 10.3. The first-order chi connectivity index (χ1) is 6.90. The smallest absolute Gasteiger partial charge is 0.225 e. The first-order valence-corrected chi connectivity index (χ1v) is 4.45. The summed E-state index contributed by atoms with van der Waals surface area (Å²) in [5.74, 6) is 0.673. The zero-order chi connectivity index (χ0) is 9.80. The van der Waals surface area contributed by atoms with E-state index in [9.17, 15) is 0 Å². The maximum atomic E-state index is 8.58. The van der Waals surface area contributed by atoms with Gasteiger partial charge in [-0.1, -0.05) is 0 Å². The highest BCUT2D eigenvalue weighted by Gasteiger charge is 2.12. The van der Waals surface area contributed by atoms with Crippen molar-refractivity contribution in [1.29, 1.82) is 5.26 Å². The average molecular weight is 190 g/mol. The van der Waals surface area contributed by atoms with Crippen LogP contribution < -0.4 is 4.90 Å². The minimum Gasteiger partial charge on any atom is -0.378 e. The standard InChI is InChI=1S/C9H10N4O/c10-5-8-6-11-9(12-7-8)13-1-3-14-4-2-13/h6-7H,1-4H2. The van der Waals surface area contributed by atoms with Crippen LogP contribution in [0.2, 0.25) is 0 Å². The quantitative estimate of drug-likeness (QED) is 0.632. The van der Waals surface area contributed by atoms with Crippen LogP contribution in [-0.4, -0.2) is 36.3 Å². The molecule has 1 aliphatic heterocycles. The lowest BCUT2D eigenvalue weighted by Crippen LogP contribution is -2.37. The number of aromatic nitrogens is 2. The average Bonchev–Trinajstić information content (AvgIpc) is 2.30. The lowest BCUT2D eigenvalue weighted by Gasteiger charge is -2.26. The summed E-state index contributed by atoms with van der Waals surface area (Å²) in [6.07, 6.45) is 3.08. The Kier molecular flexibility index (Phi) is 2.56. The molecule has 0 atom stereocenters. The summed E-state index contributed by atoms with van der Waals surface area (Å²) in [5.41, 5.74) is 0.488. The van der Waals surface area contributed by atoms with Crippen molar-refractivity contribution >= 4 is 5.95 Å². The molecule has 14 heavy (non-hydrogen) atoms. The third-order valence-corrected chi connectivity index (χ3v) is 2.06. The lowest BCUT2D eigenvalue weighted by molar-refractivity contribution is 0.122. The van der Waals surface area contributed by atoms with Crippen LogP contribution >= 0.6 is 0 Å². The van der Waals surface area contributed by atoms with E-state index in [1.54, 1.807) is 0 Å². The molecule has 1 fully saturated rings. The monoisotopic (exact) mass is 190 g/mol. The predicted octanol–water partition coefficient (Wildman–Crippen LogP) is 0.185. The van der Waals surface area contributed by atoms with Crippen LogP contribution in [0.25, 0.3) is 0 Å². The molecule has 0 aromatic carbocycles. The van der Waals surface area contributed by atoms with Gasteiger partial charge in [0.2, 0.25) is 5.95 Å². The molecular weight excluding hydrogens is 180 g/mol. The van der Waals surface area contributed by atoms with Crippen LogP contribution in [0.5, 0.6) is 0 Å². The number of rotatable bonds is 1. The van der Waals surface area contributed by atoms with Gasteiger partial charge in [0, 0.05) is 13.1 Å². The number of morpholine rings is 1. The zero-order valence-corrected chi connectivity index (χ0v) is 7.68. The first kappa shape index (κ1) is 8.91. The summed E-state index contributed by atoms with van der Waals surface area (Å²) < 4.78 is 5.22. The Morgan fingerprint density at radius 3 is 2.50 bits per heavy atom. The van der Waals surface area contributed by atoms with Crippen molar-refractivity contribution in [2.45, 2.75) is 0 Å². The van der Waals surface area contributed by atoms with Crippen LogP contribution in [0.4, 0.5) is 5.95 Å². The van der Waals surface area contributed by atoms with Gasteiger partial charge in [0.1, 0.15) is 6.07 Å². The van der Waals surface area contributed by atoms with Crippen LogP contribution in [0, 0.1) is 11.3 Å². The second kappa shape index (κ2) is 4.03. The Labute approximate surface area is 82.0 Å². The third kappa shape index (κ3) is 1.80. The number of ether oxygens (including phenoxy) is 1. The minimum atomic E-state index is 0.488. The van der Waals surface area contributed by atoms with Gasteiger partial charge >= 0.3 is 0 Å². The van der Waals surface area contributed by atoms with Gasteiger partial charge in [-0.2, -0.15) is 5.26 Å². The molecule has 0 aliphatic carbocycles. The van der Waals surface area contributed by atoms with Gasteiger partial charge in [0.25, 0.3) is 0 Å². The van der Waals surface area contributed by atoms with E-state index in [2.05, 4.69) is 9.97 Å². The number of hydrogen-bond donors (Lipinski definition) is 0. The van der Waals surface area contributed by atoms with E-state index in [1.807, 2.05) is 11.0 Å². The summed E-state index contributed by atoms with van der Waals surface area (Å²) in [5, 5.41) is 8.58. The van der Waals surface area contributed by atoms with Crippen molar-refractivity contribution < 1.29 is 4.74 Å². The highest BCUT2D eigenvalue weighted by Crippen LogP contribution is 2.08. The van der Waals surface area contributed by atoms with E-state index >= 15 is 0 Å². The first-order valence-electron chi connectivity index (χ1n) is 4.45. The SMILES string of the molecule is N#Cc1cnc(N2CCOCC2)nc1. The molecule has 0 unspecified atom stereocenters. The van der Waals surface area contributed by atoms with Crippen molar-refractivity contribution in [2.24, 2.45) is 0 Å². The van der Waals surface area contributed by atoms with E-state index in [1.165, 1.54) is 12.4 Å². The maximum Gasteiger partial charge on any atom is 0.225 e. The fourth-order valence-electron chi connectivity index (χ4n) is 1.31. The van der Waals surface area contributed by atoms with Gasteiger partial charge < -0.3 is 9.64 Å². The fraction of sp³-hybridized carbons (Fsp3) is 0.444. The lowest BCUT2D eigenvalue weighted by atomic mass is 10.4. The summed E-state index contributed by atoms with van der Waals surface area (Å²) in [7, 11) is 0. The Balaban J connectivity index is 2.12. The molecule has 5 heteroatoms. The molecule has 0 radical (unpaired) electrons. The zero-order valence-electron chi connectivity index (χ0n) is 7.68. The van der Waals surface area contributed by atoms with Crippen LogP contribution in [0.3, 0.4) is 0 Å². The summed E-state index contributed by atoms with van der Waals surface area (Å²) in [6.45, 7) is 3.05. The number of nitrogens with zero attached hydrogens (tertiary/aromatic N) is 4. The minimum absolute atomic E-state index is 0.488. The van der Waals surface area contributed by atoms with Gasteiger partial charge in [-0.05, 0) is 0 Å². The Bertz CT molecular complexity index is 337. The second-order valence-electron chi connectivity index (χ2n) is 2.98. The van der Waals surface area contributed by atoms with Gasteiger partial charge in [0.05, 0.1) is 31.2 Å². The molecule has 1 aliphatic rings. The topological polar surface area (TPSA) is 62.0 Å². The fourth-order valence-corrected chi connectivity index (χ4v) is 1.31. The van der Waals surface area contributed by atoms with Crippen molar-refractivity contribution in [3.63, 3.8) is 0 Å². The highest BCUT2D eigenvalue weighted by atomic mass is 16.5. The molecule has 0 N–H and O–H groups in total. The number of anilines is 1. The van der Waals surface area contributed by atoms with Crippen LogP contribution in [0.15, 0.2) is 12.4 Å². The number of nitriles is 1. The van der Waals surface area contributed by atoms with Crippen LogP contribution in [0.1, 0.15) is 5.56 Å². The molecule has 1 saturated heterocycles. The Morgan fingerprint density at radius 1 is 1.29 bits per heavy atom. The molecule has 72 valence electrons. The Hall–Kier alpha value is -1.67. The van der Waals surface area contributed by atoms with Gasteiger partial charge in [-0.3, -0.25) is 0 Å². The largest absolute Gasteiger partial charge is 0.378 e. The molecule has 0 spiro atoms. The summed E-state index contributed by atoms with van der Waals surface area (Å²) >= 11 is 0. The maximum absolute atomic E-state index is 8.58. The molecule has 2 heterocycles. The van der Waals surface area contributed by atoms with E-state index in [0.717, 1.165) is 13.1 Å². The van der Waals surface area contributed by atoms with Crippen molar-refractivity contribution in [3.05, 3.63) is 18.0 Å². The highest BCUT2D eigenvalue weighted by molar-refractivity contribution is 5.33. The van der Waals surface area contributed by atoms with E-state index in [0.29, 0.717) is 24.7 Å². The van der Waals surface area contributed by atoms with Crippen molar-refractivity contribution in [2.75, 3.05) is 31.2 Å². The molecular formula is C9H10N4O. The normalized spacial score (nSPS) is 16.4. The van der Waals surface area contributed by atoms with Crippen molar-refractivity contribution in [1.82, 2.24) is 9.97 Å². The molecule has 1 aromatic heterocycles. The molecule has 5 nitrogen and oxygen atoms in total. The van der Waals surface area contributed by atoms with Gasteiger partial charge in [0.15, 0.2) is 0 Å². The molecule has 1 aromatic rings. The third-order valence-electron chi connectivity index (χ3n) is 2.06. The molecule has 0 saturated carbocycles. The van der Waals surface area contributed by atoms with Crippen molar-refractivity contribution in [3.8, 4) is 6.07 Å². The summed E-state index contributed by atoms with van der Waals surface area (Å²) in [6, 6.07) is 1.99. The second-order valence-corrected chi connectivity index (χ2v) is 2.98. The van der Waals surface area contributed by atoms with Crippen LogP contribution in [-0.2, 0) is 4.74 Å². The molecule has 0 amide bonds. The molecule has 0 bridgehead atoms. The Morgan fingerprint density at radius 2 is 1.93 bits per heavy atom. The van der Waals surface area contributed by atoms with Gasteiger partial charge in [-0.25, -0.2) is 9.97 Å². The van der Waals surface area contributed by atoms with Gasteiger partial charge in [-0.15, -0.1) is 0 Å². The molecule has 2 rings (SSSR count). The van der Waals surface area contributed by atoms with E-state index < -0.39 is 0 Å². The van der Waals surface area contributed by atoms with E-state index in [4.69, 9.17) is 10.00 Å². The number of hydrogen-bond acceptors (Lipinski definition) is 5.